The maximum Gasteiger partial charge on any atom is 0.295 e. The molecule has 0 saturated carbocycles. The van der Waals surface area contributed by atoms with Gasteiger partial charge in [0.25, 0.3) is 11.7 Å². The average molecular weight is 226 g/mol. The molecule has 1 atom stereocenters. The minimum absolute atomic E-state index is 0.0928. The van der Waals surface area contributed by atoms with E-state index >= 15 is 0 Å². The van der Waals surface area contributed by atoms with Crippen molar-refractivity contribution in [3.05, 3.63) is 11.7 Å². The number of hydrogen-bond acceptors (Lipinski definition) is 6. The number of rotatable bonds is 2. The van der Waals surface area contributed by atoms with E-state index in [-0.39, 0.29) is 17.8 Å². The van der Waals surface area contributed by atoms with Gasteiger partial charge in [0.05, 0.1) is 12.7 Å². The van der Waals surface area contributed by atoms with Gasteiger partial charge in [-0.2, -0.15) is 4.98 Å². The van der Waals surface area contributed by atoms with Crippen molar-refractivity contribution in [1.82, 2.24) is 15.0 Å². The monoisotopic (exact) mass is 226 g/mol. The standard InChI is InChI=1S/C9H14N4O3/c1-6-11-8(12-16-6)9(14)13-2-3-15-7(4-10)5-13/h7H,2-5,10H2,1H3. The van der Waals surface area contributed by atoms with Crippen molar-refractivity contribution < 1.29 is 14.1 Å². The van der Waals surface area contributed by atoms with E-state index in [9.17, 15) is 4.79 Å². The van der Waals surface area contributed by atoms with Crippen LogP contribution in [0.2, 0.25) is 0 Å². The van der Waals surface area contributed by atoms with E-state index in [0.29, 0.717) is 32.1 Å². The fourth-order valence-electron chi connectivity index (χ4n) is 1.57. The van der Waals surface area contributed by atoms with Gasteiger partial charge in [-0.15, -0.1) is 0 Å². The van der Waals surface area contributed by atoms with Gasteiger partial charge < -0.3 is 19.9 Å². The Hall–Kier alpha value is -1.47. The Labute approximate surface area is 92.5 Å². The van der Waals surface area contributed by atoms with Crippen molar-refractivity contribution in [3.63, 3.8) is 0 Å². The van der Waals surface area contributed by atoms with Gasteiger partial charge in [0.15, 0.2) is 0 Å². The number of ether oxygens (including phenoxy) is 1. The second-order valence-corrected chi connectivity index (χ2v) is 3.62. The summed E-state index contributed by atoms with van der Waals surface area (Å²) in [5.74, 6) is 0.237. The summed E-state index contributed by atoms with van der Waals surface area (Å²) >= 11 is 0. The van der Waals surface area contributed by atoms with E-state index in [4.69, 9.17) is 15.0 Å². The number of carbonyl (C=O) groups is 1. The van der Waals surface area contributed by atoms with Crippen LogP contribution < -0.4 is 5.73 Å². The number of carbonyl (C=O) groups excluding carboxylic acids is 1. The molecule has 0 spiro atoms. The zero-order chi connectivity index (χ0) is 11.5. The van der Waals surface area contributed by atoms with Gasteiger partial charge in [-0.3, -0.25) is 4.79 Å². The Balaban J connectivity index is 2.04. The van der Waals surface area contributed by atoms with Crippen LogP contribution in [0.1, 0.15) is 16.5 Å². The lowest BCUT2D eigenvalue weighted by Gasteiger charge is -2.31. The van der Waals surface area contributed by atoms with Crippen LogP contribution >= 0.6 is 0 Å². The van der Waals surface area contributed by atoms with E-state index in [2.05, 4.69) is 10.1 Å². The second kappa shape index (κ2) is 4.58. The molecule has 1 aromatic rings. The van der Waals surface area contributed by atoms with Crippen molar-refractivity contribution in [2.75, 3.05) is 26.2 Å². The molecule has 2 heterocycles. The lowest BCUT2D eigenvalue weighted by molar-refractivity contribution is -0.0172. The molecule has 1 unspecified atom stereocenters. The Kier molecular flexibility index (Phi) is 3.16. The third-order valence-electron chi connectivity index (χ3n) is 2.41. The van der Waals surface area contributed by atoms with Crippen LogP contribution in [0.15, 0.2) is 4.52 Å². The van der Waals surface area contributed by atoms with Crippen molar-refractivity contribution in [2.45, 2.75) is 13.0 Å². The Bertz CT molecular complexity index is 379. The summed E-state index contributed by atoms with van der Waals surface area (Å²) in [6.07, 6.45) is -0.106. The Morgan fingerprint density at radius 1 is 1.69 bits per heavy atom. The van der Waals surface area contributed by atoms with Gasteiger partial charge in [-0.05, 0) is 0 Å². The molecule has 1 amide bonds. The molecular weight excluding hydrogens is 212 g/mol. The first-order valence-corrected chi connectivity index (χ1v) is 5.12. The first kappa shape index (κ1) is 11.0. The SMILES string of the molecule is Cc1nc(C(=O)N2CCOC(CN)C2)no1. The zero-order valence-electron chi connectivity index (χ0n) is 9.05. The molecule has 0 aliphatic carbocycles. The zero-order valence-corrected chi connectivity index (χ0v) is 9.05. The van der Waals surface area contributed by atoms with E-state index < -0.39 is 0 Å². The smallest absolute Gasteiger partial charge is 0.295 e. The molecule has 1 aliphatic heterocycles. The van der Waals surface area contributed by atoms with Crippen molar-refractivity contribution in [1.29, 1.82) is 0 Å². The summed E-state index contributed by atoms with van der Waals surface area (Å²) in [5.41, 5.74) is 5.50. The summed E-state index contributed by atoms with van der Waals surface area (Å²) < 4.78 is 10.1. The van der Waals surface area contributed by atoms with Crippen LogP contribution in [0, 0.1) is 6.92 Å². The molecule has 2 N–H and O–H groups in total. The van der Waals surface area contributed by atoms with Crippen LogP contribution in [0.25, 0.3) is 0 Å². The average Bonchev–Trinajstić information content (AvgIpc) is 2.75. The molecule has 16 heavy (non-hydrogen) atoms. The number of aromatic nitrogens is 2. The number of aryl methyl sites for hydroxylation is 1. The molecular formula is C9H14N4O3. The summed E-state index contributed by atoms with van der Waals surface area (Å²) in [4.78, 5) is 17.4. The van der Waals surface area contributed by atoms with Crippen molar-refractivity contribution >= 4 is 5.91 Å². The predicted octanol–water partition coefficient (Wildman–Crippen LogP) is -0.822. The van der Waals surface area contributed by atoms with Gasteiger partial charge in [-0.1, -0.05) is 5.16 Å². The van der Waals surface area contributed by atoms with Crippen LogP contribution in [0.3, 0.4) is 0 Å². The van der Waals surface area contributed by atoms with Gasteiger partial charge in [0, 0.05) is 26.6 Å². The summed E-state index contributed by atoms with van der Waals surface area (Å²) in [5, 5.41) is 3.59. The Morgan fingerprint density at radius 3 is 3.12 bits per heavy atom. The molecule has 1 saturated heterocycles. The molecule has 7 nitrogen and oxygen atoms in total. The quantitative estimate of drug-likeness (QED) is 0.707. The van der Waals surface area contributed by atoms with Crippen LogP contribution in [0.4, 0.5) is 0 Å². The second-order valence-electron chi connectivity index (χ2n) is 3.62. The summed E-state index contributed by atoms with van der Waals surface area (Å²) in [6.45, 7) is 3.54. The van der Waals surface area contributed by atoms with Crippen molar-refractivity contribution in [2.24, 2.45) is 5.73 Å². The van der Waals surface area contributed by atoms with E-state index in [1.807, 2.05) is 0 Å². The number of hydrogen-bond donors (Lipinski definition) is 1. The third-order valence-corrected chi connectivity index (χ3v) is 2.41. The molecule has 0 aromatic carbocycles. The van der Waals surface area contributed by atoms with Crippen LogP contribution in [-0.2, 0) is 4.74 Å². The minimum Gasteiger partial charge on any atom is -0.373 e. The van der Waals surface area contributed by atoms with Gasteiger partial charge in [0.1, 0.15) is 0 Å². The maximum absolute atomic E-state index is 11.9. The largest absolute Gasteiger partial charge is 0.373 e. The number of amides is 1. The first-order chi connectivity index (χ1) is 7.70. The number of morpholine rings is 1. The molecule has 1 aromatic heterocycles. The summed E-state index contributed by atoms with van der Waals surface area (Å²) in [6, 6.07) is 0. The fraction of sp³-hybridized carbons (Fsp3) is 0.667. The van der Waals surface area contributed by atoms with E-state index in [0.717, 1.165) is 0 Å². The lowest BCUT2D eigenvalue weighted by Crippen LogP contribution is -2.48. The molecule has 1 aliphatic rings. The summed E-state index contributed by atoms with van der Waals surface area (Å²) in [7, 11) is 0. The van der Waals surface area contributed by atoms with Crippen molar-refractivity contribution in [3.8, 4) is 0 Å². The van der Waals surface area contributed by atoms with Gasteiger partial charge in [0.2, 0.25) is 5.89 Å². The molecule has 0 bridgehead atoms. The van der Waals surface area contributed by atoms with Crippen LogP contribution in [0.5, 0.6) is 0 Å². The number of nitrogens with zero attached hydrogens (tertiary/aromatic N) is 3. The minimum atomic E-state index is -0.237. The van der Waals surface area contributed by atoms with Crippen LogP contribution in [-0.4, -0.2) is 53.3 Å². The topological polar surface area (TPSA) is 94.5 Å². The highest BCUT2D eigenvalue weighted by Gasteiger charge is 2.26. The highest BCUT2D eigenvalue weighted by molar-refractivity contribution is 5.90. The molecule has 88 valence electrons. The normalized spacial score (nSPS) is 21.1. The van der Waals surface area contributed by atoms with Gasteiger partial charge >= 0.3 is 0 Å². The Morgan fingerprint density at radius 2 is 2.50 bits per heavy atom. The molecule has 2 rings (SSSR count). The van der Waals surface area contributed by atoms with Gasteiger partial charge in [-0.25, -0.2) is 0 Å². The number of nitrogens with two attached hydrogens (primary N) is 1. The highest BCUT2D eigenvalue weighted by Crippen LogP contribution is 2.08. The molecule has 1 fully saturated rings. The first-order valence-electron chi connectivity index (χ1n) is 5.12. The fourth-order valence-corrected chi connectivity index (χ4v) is 1.57. The molecule has 7 heteroatoms. The predicted molar refractivity (Wildman–Crippen MR) is 53.7 cm³/mol. The third kappa shape index (κ3) is 2.20. The maximum atomic E-state index is 11.9. The van der Waals surface area contributed by atoms with E-state index in [1.165, 1.54) is 0 Å². The molecule has 0 radical (unpaired) electrons. The highest BCUT2D eigenvalue weighted by atomic mass is 16.5. The lowest BCUT2D eigenvalue weighted by atomic mass is 10.2. The van der Waals surface area contributed by atoms with E-state index in [1.54, 1.807) is 11.8 Å².